The summed E-state index contributed by atoms with van der Waals surface area (Å²) in [7, 11) is 0. The maximum Gasteiger partial charge on any atom is 0.291 e. The molecule has 32 heavy (non-hydrogen) atoms. The number of nitro benzene ring substituents is 1. The highest BCUT2D eigenvalue weighted by Gasteiger charge is 2.12. The Morgan fingerprint density at radius 3 is 2.31 bits per heavy atom. The topological polar surface area (TPSA) is 114 Å². The lowest BCUT2D eigenvalue weighted by molar-refractivity contribution is -0.384. The second kappa shape index (κ2) is 8.97. The van der Waals surface area contributed by atoms with Crippen LogP contribution in [0, 0.1) is 10.1 Å². The quantitative estimate of drug-likeness (QED) is 0.248. The van der Waals surface area contributed by atoms with E-state index < -0.39 is 10.8 Å². The highest BCUT2D eigenvalue weighted by Crippen LogP contribution is 2.21. The van der Waals surface area contributed by atoms with E-state index in [2.05, 4.69) is 10.6 Å². The lowest BCUT2D eigenvalue weighted by Gasteiger charge is -2.06. The number of benzene rings is 3. The van der Waals surface area contributed by atoms with Crippen LogP contribution in [-0.2, 0) is 4.79 Å². The normalized spacial score (nSPS) is 10.9. The molecule has 4 aromatic rings. The van der Waals surface area contributed by atoms with Crippen molar-refractivity contribution in [3.63, 3.8) is 0 Å². The summed E-state index contributed by atoms with van der Waals surface area (Å²) < 4.78 is 5.55. The molecule has 158 valence electrons. The summed E-state index contributed by atoms with van der Waals surface area (Å²) in [4.78, 5) is 34.9. The van der Waals surface area contributed by atoms with Gasteiger partial charge in [0.1, 0.15) is 5.58 Å². The molecule has 8 nitrogen and oxygen atoms in total. The Labute approximate surface area is 182 Å². The van der Waals surface area contributed by atoms with Gasteiger partial charge in [0.25, 0.3) is 11.6 Å². The first-order valence-corrected chi connectivity index (χ1v) is 9.61. The lowest BCUT2D eigenvalue weighted by atomic mass is 10.2. The molecular weight excluding hydrogens is 410 g/mol. The van der Waals surface area contributed by atoms with Crippen molar-refractivity contribution in [2.24, 2.45) is 0 Å². The first kappa shape index (κ1) is 20.5. The fraction of sp³-hybridized carbons (Fsp3) is 0. The minimum Gasteiger partial charge on any atom is -0.451 e. The predicted molar refractivity (Wildman–Crippen MR) is 121 cm³/mol. The van der Waals surface area contributed by atoms with Crippen molar-refractivity contribution in [1.29, 1.82) is 0 Å². The summed E-state index contributed by atoms with van der Waals surface area (Å²) in [6.45, 7) is 0. The number of hydrogen-bond acceptors (Lipinski definition) is 5. The third-order valence-electron chi connectivity index (χ3n) is 4.57. The molecule has 1 aromatic heterocycles. The van der Waals surface area contributed by atoms with Gasteiger partial charge >= 0.3 is 0 Å². The van der Waals surface area contributed by atoms with E-state index in [9.17, 15) is 19.7 Å². The Hall–Kier alpha value is -4.72. The molecule has 0 aliphatic rings. The van der Waals surface area contributed by atoms with Gasteiger partial charge in [-0.1, -0.05) is 30.3 Å². The van der Waals surface area contributed by atoms with E-state index in [0.717, 1.165) is 5.39 Å². The van der Waals surface area contributed by atoms with E-state index in [-0.39, 0.29) is 17.4 Å². The van der Waals surface area contributed by atoms with Crippen LogP contribution >= 0.6 is 0 Å². The van der Waals surface area contributed by atoms with E-state index in [4.69, 9.17) is 4.42 Å². The van der Waals surface area contributed by atoms with Crippen LogP contribution in [0.1, 0.15) is 16.1 Å². The number of para-hydroxylation sites is 1. The Morgan fingerprint density at radius 1 is 0.875 bits per heavy atom. The highest BCUT2D eigenvalue weighted by molar-refractivity contribution is 6.05. The van der Waals surface area contributed by atoms with Crippen LogP contribution in [0.2, 0.25) is 0 Å². The van der Waals surface area contributed by atoms with Crippen LogP contribution in [0.5, 0.6) is 0 Å². The molecule has 1 heterocycles. The van der Waals surface area contributed by atoms with Crippen molar-refractivity contribution in [2.75, 3.05) is 10.6 Å². The maximum atomic E-state index is 12.4. The molecule has 3 aromatic carbocycles. The molecule has 2 amide bonds. The van der Waals surface area contributed by atoms with Crippen LogP contribution in [0.3, 0.4) is 0 Å². The van der Waals surface area contributed by atoms with Crippen LogP contribution in [0.25, 0.3) is 17.0 Å². The summed E-state index contributed by atoms with van der Waals surface area (Å²) in [5, 5.41) is 17.1. The molecule has 0 spiro atoms. The lowest BCUT2D eigenvalue weighted by Crippen LogP contribution is -2.11. The van der Waals surface area contributed by atoms with Crippen LogP contribution in [-0.4, -0.2) is 16.7 Å². The first-order valence-electron chi connectivity index (χ1n) is 9.61. The van der Waals surface area contributed by atoms with Crippen molar-refractivity contribution in [1.82, 2.24) is 0 Å². The van der Waals surface area contributed by atoms with Gasteiger partial charge in [-0.05, 0) is 48.0 Å². The number of non-ortho nitro benzene ring substituents is 1. The zero-order valence-electron chi connectivity index (χ0n) is 16.6. The number of nitrogens with zero attached hydrogens (tertiary/aromatic N) is 1. The van der Waals surface area contributed by atoms with Gasteiger partial charge in [-0.2, -0.15) is 0 Å². The molecular formula is C24H17N3O5. The summed E-state index contributed by atoms with van der Waals surface area (Å²) in [6, 6.07) is 21.6. The van der Waals surface area contributed by atoms with Gasteiger partial charge in [0.05, 0.1) is 4.92 Å². The van der Waals surface area contributed by atoms with Crippen molar-refractivity contribution < 1.29 is 18.9 Å². The van der Waals surface area contributed by atoms with Gasteiger partial charge in [-0.3, -0.25) is 19.7 Å². The number of fused-ring (bicyclic) bond motifs is 1. The van der Waals surface area contributed by atoms with Crippen LogP contribution < -0.4 is 10.6 Å². The number of nitrogens with one attached hydrogen (secondary N) is 2. The average molecular weight is 427 g/mol. The molecule has 0 saturated heterocycles. The number of nitro groups is 1. The minimum absolute atomic E-state index is 0.0483. The monoisotopic (exact) mass is 427 g/mol. The largest absolute Gasteiger partial charge is 0.451 e. The zero-order valence-corrected chi connectivity index (χ0v) is 16.6. The zero-order chi connectivity index (χ0) is 22.5. The number of rotatable bonds is 6. The Morgan fingerprint density at radius 2 is 1.59 bits per heavy atom. The summed E-state index contributed by atoms with van der Waals surface area (Å²) >= 11 is 0. The smallest absolute Gasteiger partial charge is 0.291 e. The fourth-order valence-electron chi connectivity index (χ4n) is 3.02. The number of carbonyl (C=O) groups excluding carboxylic acids is 2. The summed E-state index contributed by atoms with van der Waals surface area (Å²) in [5.41, 5.74) is 2.20. The van der Waals surface area contributed by atoms with Gasteiger partial charge in [-0.25, -0.2) is 0 Å². The summed E-state index contributed by atoms with van der Waals surface area (Å²) in [5.74, 6) is -0.566. The molecule has 8 heteroatoms. The SMILES string of the molecule is O=C(/C=C/c1cccc([N+](=O)[O-])c1)Nc1ccc(NC(=O)c2cc3ccccc3o2)cc1. The van der Waals surface area contributed by atoms with Crippen molar-refractivity contribution >= 4 is 45.9 Å². The molecule has 0 aliphatic carbocycles. The summed E-state index contributed by atoms with van der Waals surface area (Å²) in [6.07, 6.45) is 2.78. The predicted octanol–water partition coefficient (Wildman–Crippen LogP) is 5.25. The number of hydrogen-bond donors (Lipinski definition) is 2. The second-order valence-corrected chi connectivity index (χ2v) is 6.85. The van der Waals surface area contributed by atoms with E-state index in [1.54, 1.807) is 48.5 Å². The van der Waals surface area contributed by atoms with E-state index in [1.165, 1.54) is 24.3 Å². The first-order chi connectivity index (χ1) is 15.5. The van der Waals surface area contributed by atoms with Gasteiger partial charge in [-0.15, -0.1) is 0 Å². The van der Waals surface area contributed by atoms with Crippen LogP contribution in [0.4, 0.5) is 17.1 Å². The van der Waals surface area contributed by atoms with Gasteiger partial charge < -0.3 is 15.1 Å². The molecule has 0 bridgehead atoms. The number of anilines is 2. The third-order valence-corrected chi connectivity index (χ3v) is 4.57. The molecule has 2 N–H and O–H groups in total. The van der Waals surface area contributed by atoms with E-state index in [0.29, 0.717) is 22.5 Å². The van der Waals surface area contributed by atoms with E-state index >= 15 is 0 Å². The van der Waals surface area contributed by atoms with Crippen molar-refractivity contribution in [2.45, 2.75) is 0 Å². The number of furan rings is 1. The molecule has 0 unspecified atom stereocenters. The molecule has 0 aliphatic heterocycles. The van der Waals surface area contributed by atoms with E-state index in [1.807, 2.05) is 18.2 Å². The van der Waals surface area contributed by atoms with Crippen LogP contribution in [0.15, 0.2) is 89.4 Å². The Bertz CT molecular complexity index is 1310. The Kier molecular flexibility index (Phi) is 5.76. The van der Waals surface area contributed by atoms with Crippen molar-refractivity contribution in [3.05, 3.63) is 106 Å². The third kappa shape index (κ3) is 4.88. The second-order valence-electron chi connectivity index (χ2n) is 6.85. The number of carbonyl (C=O) groups is 2. The number of amides is 2. The van der Waals surface area contributed by atoms with Gasteiger partial charge in [0, 0.05) is 35.0 Å². The molecule has 0 fully saturated rings. The fourth-order valence-corrected chi connectivity index (χ4v) is 3.02. The highest BCUT2D eigenvalue weighted by atomic mass is 16.6. The molecule has 0 atom stereocenters. The maximum absolute atomic E-state index is 12.4. The Balaban J connectivity index is 1.36. The average Bonchev–Trinajstić information content (AvgIpc) is 3.24. The molecule has 0 saturated carbocycles. The minimum atomic E-state index is -0.494. The molecule has 4 rings (SSSR count). The standard InChI is InChI=1S/C24H17N3O5/c28-23(13-8-16-4-3-6-20(14-16)27(30)31)25-18-9-11-19(12-10-18)26-24(29)22-15-17-5-1-2-7-21(17)32-22/h1-15H,(H,25,28)(H,26,29)/b13-8+. The molecule has 0 radical (unpaired) electrons. The van der Waals surface area contributed by atoms with Gasteiger partial charge in [0.15, 0.2) is 5.76 Å². The van der Waals surface area contributed by atoms with Crippen molar-refractivity contribution in [3.8, 4) is 0 Å². The van der Waals surface area contributed by atoms with Gasteiger partial charge in [0.2, 0.25) is 5.91 Å².